The predicted molar refractivity (Wildman–Crippen MR) is 79.8 cm³/mol. The highest BCUT2D eigenvalue weighted by Crippen LogP contribution is 2.37. The van der Waals surface area contributed by atoms with Crippen LogP contribution in [0.5, 0.6) is 0 Å². The highest BCUT2D eigenvalue weighted by Gasteiger charge is 2.29. The van der Waals surface area contributed by atoms with E-state index in [1.165, 1.54) is 0 Å². The molecule has 0 fully saturated rings. The summed E-state index contributed by atoms with van der Waals surface area (Å²) in [6.45, 7) is 2.13. The zero-order chi connectivity index (χ0) is 13.7. The van der Waals surface area contributed by atoms with E-state index < -0.39 is 0 Å². The third-order valence-electron chi connectivity index (χ3n) is 2.99. The molecule has 0 aliphatic carbocycles. The van der Waals surface area contributed by atoms with Crippen LogP contribution in [0.2, 0.25) is 0 Å². The van der Waals surface area contributed by atoms with Crippen molar-refractivity contribution in [2.45, 2.75) is 32.1 Å². The molecule has 3 nitrogen and oxygen atoms in total. The normalized spacial score (nSPS) is 19.2. The van der Waals surface area contributed by atoms with E-state index in [1.807, 2.05) is 17.5 Å². The molecular weight excluding hydrogens is 276 g/mol. The summed E-state index contributed by atoms with van der Waals surface area (Å²) in [4.78, 5) is 12.9. The Morgan fingerprint density at radius 3 is 3.11 bits per heavy atom. The van der Waals surface area contributed by atoms with Crippen molar-refractivity contribution >= 4 is 29.0 Å². The SMILES string of the molecule is CCCCSC1=C(C#N)C(c2cccs2)CC(=O)N1. The Bertz CT molecular complexity index is 514. The first kappa shape index (κ1) is 14.2. The third-order valence-corrected chi connectivity index (χ3v) is 5.08. The number of rotatable bonds is 5. The molecule has 1 amide bonds. The first-order valence-electron chi connectivity index (χ1n) is 6.36. The topological polar surface area (TPSA) is 52.9 Å². The largest absolute Gasteiger partial charge is 0.320 e. The summed E-state index contributed by atoms with van der Waals surface area (Å²) in [5.41, 5.74) is 0.711. The van der Waals surface area contributed by atoms with Crippen LogP contribution in [0.4, 0.5) is 0 Å². The fourth-order valence-electron chi connectivity index (χ4n) is 1.98. The molecule has 0 saturated carbocycles. The van der Waals surface area contributed by atoms with E-state index in [-0.39, 0.29) is 11.8 Å². The zero-order valence-electron chi connectivity index (χ0n) is 10.8. The van der Waals surface area contributed by atoms with Gasteiger partial charge in [0.1, 0.15) is 0 Å². The lowest BCUT2D eigenvalue weighted by atomic mass is 9.93. The van der Waals surface area contributed by atoms with Crippen molar-refractivity contribution in [1.29, 1.82) is 5.26 Å². The van der Waals surface area contributed by atoms with Gasteiger partial charge in [-0.15, -0.1) is 23.1 Å². The minimum absolute atomic E-state index is 0.0106. The Morgan fingerprint density at radius 2 is 2.47 bits per heavy atom. The minimum Gasteiger partial charge on any atom is -0.320 e. The molecular formula is C14H16N2OS2. The monoisotopic (exact) mass is 292 g/mol. The van der Waals surface area contributed by atoms with Crippen molar-refractivity contribution in [2.24, 2.45) is 0 Å². The molecule has 1 aliphatic heterocycles. The molecule has 19 heavy (non-hydrogen) atoms. The van der Waals surface area contributed by atoms with Crippen LogP contribution in [0.25, 0.3) is 0 Å². The average Bonchev–Trinajstić information content (AvgIpc) is 2.92. The van der Waals surface area contributed by atoms with Crippen LogP contribution < -0.4 is 5.32 Å². The molecule has 0 radical (unpaired) electrons. The standard InChI is InChI=1S/C14H16N2OS2/c1-2-3-6-19-14-11(9-15)10(8-13(17)16-14)12-5-4-7-18-12/h4-5,7,10H,2-3,6,8H2,1H3,(H,16,17). The lowest BCUT2D eigenvalue weighted by molar-refractivity contribution is -0.120. The van der Waals surface area contributed by atoms with Gasteiger partial charge in [-0.25, -0.2) is 0 Å². The summed E-state index contributed by atoms with van der Waals surface area (Å²) < 4.78 is 0. The number of carbonyl (C=O) groups excluding carboxylic acids is 1. The minimum atomic E-state index is -0.0668. The van der Waals surface area contributed by atoms with Gasteiger partial charge in [0, 0.05) is 17.2 Å². The second kappa shape index (κ2) is 6.78. The number of unbranched alkanes of at least 4 members (excludes halogenated alkanes) is 1. The summed E-state index contributed by atoms with van der Waals surface area (Å²) in [5.74, 6) is 0.883. The molecule has 1 unspecified atom stereocenters. The zero-order valence-corrected chi connectivity index (χ0v) is 12.4. The predicted octanol–water partition coefficient (Wildman–Crippen LogP) is 3.62. The quantitative estimate of drug-likeness (QED) is 0.843. The van der Waals surface area contributed by atoms with Crippen LogP contribution >= 0.6 is 23.1 Å². The Labute approximate surface area is 121 Å². The van der Waals surface area contributed by atoms with Crippen LogP contribution in [-0.2, 0) is 4.79 Å². The van der Waals surface area contributed by atoms with E-state index in [1.54, 1.807) is 23.1 Å². The van der Waals surface area contributed by atoms with E-state index >= 15 is 0 Å². The lowest BCUT2D eigenvalue weighted by Gasteiger charge is -2.23. The van der Waals surface area contributed by atoms with Gasteiger partial charge in [-0.1, -0.05) is 19.4 Å². The molecule has 100 valence electrons. The third kappa shape index (κ3) is 3.40. The van der Waals surface area contributed by atoms with Gasteiger partial charge in [0.15, 0.2) is 0 Å². The van der Waals surface area contributed by atoms with E-state index in [9.17, 15) is 10.1 Å². The van der Waals surface area contributed by atoms with Gasteiger partial charge in [0.05, 0.1) is 16.7 Å². The summed E-state index contributed by atoms with van der Waals surface area (Å²) in [5, 5.41) is 15.0. The Kier molecular flexibility index (Phi) is 5.06. The van der Waals surface area contributed by atoms with Crippen molar-refractivity contribution in [2.75, 3.05) is 5.75 Å². The number of nitriles is 1. The van der Waals surface area contributed by atoms with Crippen LogP contribution in [0, 0.1) is 11.3 Å². The van der Waals surface area contributed by atoms with Gasteiger partial charge >= 0.3 is 0 Å². The van der Waals surface area contributed by atoms with E-state index in [0.29, 0.717) is 12.0 Å². The van der Waals surface area contributed by atoms with E-state index in [4.69, 9.17) is 0 Å². The maximum atomic E-state index is 11.8. The van der Waals surface area contributed by atoms with Crippen molar-refractivity contribution in [3.05, 3.63) is 33.0 Å². The molecule has 1 N–H and O–H groups in total. The van der Waals surface area contributed by atoms with Crippen molar-refractivity contribution < 1.29 is 4.79 Å². The molecule has 1 aromatic heterocycles. The first-order chi connectivity index (χ1) is 9.26. The number of allylic oxidation sites excluding steroid dienone is 1. The highest BCUT2D eigenvalue weighted by molar-refractivity contribution is 8.03. The maximum Gasteiger partial charge on any atom is 0.225 e. The molecule has 1 aliphatic rings. The smallest absolute Gasteiger partial charge is 0.225 e. The Hall–Kier alpha value is -1.25. The average molecular weight is 292 g/mol. The molecule has 2 heterocycles. The van der Waals surface area contributed by atoms with Crippen LogP contribution in [-0.4, -0.2) is 11.7 Å². The van der Waals surface area contributed by atoms with Gasteiger partial charge in [0.2, 0.25) is 5.91 Å². The van der Waals surface area contributed by atoms with Gasteiger partial charge < -0.3 is 5.32 Å². The number of thioether (sulfide) groups is 1. The fraction of sp³-hybridized carbons (Fsp3) is 0.429. The maximum absolute atomic E-state index is 11.8. The van der Waals surface area contributed by atoms with Crippen LogP contribution in [0.15, 0.2) is 28.1 Å². The van der Waals surface area contributed by atoms with Crippen molar-refractivity contribution in [1.82, 2.24) is 5.32 Å². The van der Waals surface area contributed by atoms with Crippen molar-refractivity contribution in [3.8, 4) is 6.07 Å². The number of hydrogen-bond acceptors (Lipinski definition) is 4. The first-order valence-corrected chi connectivity index (χ1v) is 8.23. The summed E-state index contributed by atoms with van der Waals surface area (Å²) in [6, 6.07) is 6.25. The fourth-order valence-corrected chi connectivity index (χ4v) is 3.99. The van der Waals surface area contributed by atoms with E-state index in [0.717, 1.165) is 28.5 Å². The van der Waals surface area contributed by atoms with Gasteiger partial charge in [-0.2, -0.15) is 5.26 Å². The summed E-state index contributed by atoms with van der Waals surface area (Å²) in [7, 11) is 0. The van der Waals surface area contributed by atoms with E-state index in [2.05, 4.69) is 18.3 Å². The number of nitrogens with zero attached hydrogens (tertiary/aromatic N) is 1. The van der Waals surface area contributed by atoms with Crippen LogP contribution in [0.3, 0.4) is 0 Å². The summed E-state index contributed by atoms with van der Waals surface area (Å²) >= 11 is 3.20. The molecule has 0 saturated heterocycles. The summed E-state index contributed by atoms with van der Waals surface area (Å²) in [6.07, 6.45) is 2.58. The second-order valence-corrected chi connectivity index (χ2v) is 6.46. The Balaban J connectivity index is 2.25. The number of carbonyl (C=O) groups is 1. The second-order valence-electron chi connectivity index (χ2n) is 4.38. The molecule has 2 rings (SSSR count). The lowest BCUT2D eigenvalue weighted by Crippen LogP contribution is -2.30. The van der Waals surface area contributed by atoms with Gasteiger partial charge in [-0.05, 0) is 23.6 Å². The number of thiophene rings is 1. The molecule has 0 aromatic carbocycles. The molecule has 1 atom stereocenters. The molecule has 0 spiro atoms. The number of hydrogen-bond donors (Lipinski definition) is 1. The highest BCUT2D eigenvalue weighted by atomic mass is 32.2. The molecule has 1 aromatic rings. The number of amides is 1. The van der Waals surface area contributed by atoms with Crippen molar-refractivity contribution in [3.63, 3.8) is 0 Å². The Morgan fingerprint density at radius 1 is 1.63 bits per heavy atom. The molecule has 0 bridgehead atoms. The van der Waals surface area contributed by atoms with Crippen LogP contribution in [0.1, 0.15) is 37.0 Å². The molecule has 5 heteroatoms. The van der Waals surface area contributed by atoms with Gasteiger partial charge in [-0.3, -0.25) is 4.79 Å². The number of nitrogens with one attached hydrogen (secondary N) is 1. The van der Waals surface area contributed by atoms with Gasteiger partial charge in [0.25, 0.3) is 0 Å².